The summed E-state index contributed by atoms with van der Waals surface area (Å²) in [6.07, 6.45) is -0.614. The molecule has 1 aromatic rings. The minimum atomic E-state index is -0.614. The predicted molar refractivity (Wildman–Crippen MR) is 122 cm³/mol. The molecule has 154 valence electrons. The molecule has 0 spiro atoms. The van der Waals surface area contributed by atoms with Gasteiger partial charge in [0, 0.05) is 39.3 Å². The molecule has 2 N–H and O–H groups in total. The monoisotopic (exact) mass is 490 g/mol. The van der Waals surface area contributed by atoms with Gasteiger partial charge in [0.2, 0.25) is 0 Å². The number of guanidine groups is 1. The topological polar surface area (TPSA) is 60.3 Å². The molecule has 0 aromatic heterocycles. The Labute approximate surface area is 181 Å². The minimum absolute atomic E-state index is 0. The lowest BCUT2D eigenvalue weighted by Gasteiger charge is -2.37. The number of nitrogens with one attached hydrogen (secondary N) is 1. The molecular weight excluding hydrogens is 455 g/mol. The molecule has 0 saturated carbocycles. The summed E-state index contributed by atoms with van der Waals surface area (Å²) in [4.78, 5) is 9.48. The first-order valence-electron chi connectivity index (χ1n) is 9.61. The second-order valence-corrected chi connectivity index (χ2v) is 7.17. The minimum Gasteiger partial charge on any atom is -0.497 e. The highest BCUT2D eigenvalue weighted by atomic mass is 127. The molecule has 1 heterocycles. The number of ether oxygens (including phenoxy) is 1. The zero-order valence-corrected chi connectivity index (χ0v) is 19.3. The molecule has 2 rings (SSSR count). The van der Waals surface area contributed by atoms with Crippen molar-refractivity contribution in [3.63, 3.8) is 0 Å². The molecule has 0 amide bonds. The van der Waals surface area contributed by atoms with Gasteiger partial charge in [-0.1, -0.05) is 26.0 Å². The van der Waals surface area contributed by atoms with E-state index in [0.29, 0.717) is 12.5 Å². The van der Waals surface area contributed by atoms with Crippen molar-refractivity contribution in [2.24, 2.45) is 10.9 Å². The van der Waals surface area contributed by atoms with E-state index < -0.39 is 6.10 Å². The van der Waals surface area contributed by atoms with Crippen molar-refractivity contribution in [3.8, 4) is 5.75 Å². The second kappa shape index (κ2) is 12.4. The summed E-state index contributed by atoms with van der Waals surface area (Å²) >= 11 is 0. The maximum absolute atomic E-state index is 10.4. The molecule has 7 heteroatoms. The summed E-state index contributed by atoms with van der Waals surface area (Å²) in [5.41, 5.74) is 0.854. The van der Waals surface area contributed by atoms with Gasteiger partial charge in [0.05, 0.1) is 19.8 Å². The Bertz CT molecular complexity index is 558. The average Bonchev–Trinajstić information content (AvgIpc) is 2.65. The lowest BCUT2D eigenvalue weighted by atomic mass is 10.1. The van der Waals surface area contributed by atoms with Gasteiger partial charge < -0.3 is 20.1 Å². The van der Waals surface area contributed by atoms with Crippen LogP contribution in [0.1, 0.15) is 32.4 Å². The van der Waals surface area contributed by atoms with Crippen LogP contribution >= 0.6 is 24.0 Å². The molecule has 1 atom stereocenters. The van der Waals surface area contributed by atoms with Crippen LogP contribution in [0.15, 0.2) is 29.3 Å². The van der Waals surface area contributed by atoms with Gasteiger partial charge in [0.25, 0.3) is 0 Å². The van der Waals surface area contributed by atoms with Gasteiger partial charge >= 0.3 is 0 Å². The van der Waals surface area contributed by atoms with Crippen molar-refractivity contribution in [1.29, 1.82) is 0 Å². The first-order chi connectivity index (χ1) is 12.5. The predicted octanol–water partition coefficient (Wildman–Crippen LogP) is 2.59. The fourth-order valence-electron chi connectivity index (χ4n) is 3.19. The van der Waals surface area contributed by atoms with Crippen molar-refractivity contribution in [3.05, 3.63) is 29.8 Å². The smallest absolute Gasteiger partial charge is 0.194 e. The highest BCUT2D eigenvalue weighted by Crippen LogP contribution is 2.18. The van der Waals surface area contributed by atoms with Crippen molar-refractivity contribution in [1.82, 2.24) is 15.1 Å². The standard InChI is InChI=1S/C20H34N4O2.HI/c1-5-21-20(24-12-10-23(11-13-24)15-16(2)3)22-14-19(25)17-6-8-18(26-4)9-7-17;/h6-9,16,19,25H,5,10-15H2,1-4H3,(H,21,22);1H. The number of nitrogens with zero attached hydrogens (tertiary/aromatic N) is 3. The van der Waals surface area contributed by atoms with E-state index in [4.69, 9.17) is 4.74 Å². The van der Waals surface area contributed by atoms with Crippen molar-refractivity contribution >= 4 is 29.9 Å². The first kappa shape index (κ1) is 24.0. The molecule has 1 aromatic carbocycles. The van der Waals surface area contributed by atoms with Gasteiger partial charge in [-0.2, -0.15) is 0 Å². The van der Waals surface area contributed by atoms with E-state index in [-0.39, 0.29) is 24.0 Å². The SMILES string of the molecule is CCNC(=NCC(O)c1ccc(OC)cc1)N1CCN(CC(C)C)CC1.I. The Morgan fingerprint density at radius 2 is 1.81 bits per heavy atom. The third-order valence-corrected chi connectivity index (χ3v) is 4.54. The van der Waals surface area contributed by atoms with Crippen molar-refractivity contribution < 1.29 is 9.84 Å². The number of piperazine rings is 1. The third-order valence-electron chi connectivity index (χ3n) is 4.54. The zero-order chi connectivity index (χ0) is 18.9. The Hall–Kier alpha value is -1.06. The molecule has 27 heavy (non-hydrogen) atoms. The Balaban J connectivity index is 0.00000364. The van der Waals surface area contributed by atoms with Crippen LogP contribution in [0.2, 0.25) is 0 Å². The molecule has 1 aliphatic heterocycles. The normalized spacial score (nSPS) is 16.8. The largest absolute Gasteiger partial charge is 0.497 e. The third kappa shape index (κ3) is 7.83. The Morgan fingerprint density at radius 3 is 2.33 bits per heavy atom. The van der Waals surface area contributed by atoms with E-state index in [1.807, 2.05) is 24.3 Å². The number of rotatable bonds is 7. The van der Waals surface area contributed by atoms with Crippen LogP contribution in [-0.2, 0) is 0 Å². The maximum atomic E-state index is 10.4. The molecule has 1 fully saturated rings. The zero-order valence-electron chi connectivity index (χ0n) is 17.0. The molecule has 0 radical (unpaired) electrons. The fraction of sp³-hybridized carbons (Fsp3) is 0.650. The van der Waals surface area contributed by atoms with E-state index in [1.54, 1.807) is 7.11 Å². The van der Waals surface area contributed by atoms with Gasteiger partial charge in [-0.25, -0.2) is 0 Å². The molecule has 6 nitrogen and oxygen atoms in total. The molecule has 1 aliphatic rings. The molecule has 0 bridgehead atoms. The summed E-state index contributed by atoms with van der Waals surface area (Å²) in [7, 11) is 1.64. The number of aliphatic hydroxyl groups is 1. The van der Waals surface area contributed by atoms with Crippen LogP contribution in [-0.4, -0.2) is 73.8 Å². The fourth-order valence-corrected chi connectivity index (χ4v) is 3.19. The Kier molecular flexibility index (Phi) is 11.0. The quantitative estimate of drug-likeness (QED) is 0.350. The van der Waals surface area contributed by atoms with Crippen LogP contribution in [0.4, 0.5) is 0 Å². The second-order valence-electron chi connectivity index (χ2n) is 7.17. The maximum Gasteiger partial charge on any atom is 0.194 e. The van der Waals surface area contributed by atoms with Crippen LogP contribution in [0.5, 0.6) is 5.75 Å². The van der Waals surface area contributed by atoms with E-state index in [0.717, 1.165) is 56.5 Å². The van der Waals surface area contributed by atoms with Crippen molar-refractivity contribution in [2.75, 3.05) is 52.9 Å². The number of hydrogen-bond acceptors (Lipinski definition) is 4. The van der Waals surface area contributed by atoms with Gasteiger partial charge in [-0.05, 0) is 30.5 Å². The number of hydrogen-bond donors (Lipinski definition) is 2. The van der Waals surface area contributed by atoms with Crippen LogP contribution in [0.3, 0.4) is 0 Å². The molecule has 1 unspecified atom stereocenters. The summed E-state index contributed by atoms with van der Waals surface area (Å²) < 4.78 is 5.16. The number of aliphatic hydroxyl groups excluding tert-OH is 1. The highest BCUT2D eigenvalue weighted by Gasteiger charge is 2.20. The van der Waals surface area contributed by atoms with Gasteiger partial charge in [0.15, 0.2) is 5.96 Å². The van der Waals surface area contributed by atoms with Gasteiger partial charge in [0.1, 0.15) is 5.75 Å². The van der Waals surface area contributed by atoms with E-state index in [2.05, 4.69) is 40.9 Å². The van der Waals surface area contributed by atoms with Gasteiger partial charge in [-0.3, -0.25) is 9.89 Å². The van der Waals surface area contributed by atoms with E-state index in [1.165, 1.54) is 0 Å². The number of benzene rings is 1. The van der Waals surface area contributed by atoms with E-state index >= 15 is 0 Å². The van der Waals surface area contributed by atoms with Crippen LogP contribution in [0, 0.1) is 5.92 Å². The summed E-state index contributed by atoms with van der Waals surface area (Å²) in [5.74, 6) is 2.38. The molecule has 1 saturated heterocycles. The van der Waals surface area contributed by atoms with E-state index in [9.17, 15) is 5.11 Å². The number of methoxy groups -OCH3 is 1. The van der Waals surface area contributed by atoms with Gasteiger partial charge in [-0.15, -0.1) is 24.0 Å². The molecular formula is C20H35IN4O2. The summed E-state index contributed by atoms with van der Waals surface area (Å²) in [5, 5.41) is 13.8. The van der Waals surface area contributed by atoms with Crippen LogP contribution < -0.4 is 10.1 Å². The van der Waals surface area contributed by atoms with Crippen molar-refractivity contribution in [2.45, 2.75) is 26.9 Å². The lowest BCUT2D eigenvalue weighted by molar-refractivity contribution is 0.162. The summed E-state index contributed by atoms with van der Waals surface area (Å²) in [6, 6.07) is 7.50. The Morgan fingerprint density at radius 1 is 1.19 bits per heavy atom. The highest BCUT2D eigenvalue weighted by molar-refractivity contribution is 14.0. The first-order valence-corrected chi connectivity index (χ1v) is 9.61. The average molecular weight is 490 g/mol. The number of aliphatic imine (C=N–C) groups is 1. The lowest BCUT2D eigenvalue weighted by Crippen LogP contribution is -2.53. The number of halogens is 1. The van der Waals surface area contributed by atoms with Crippen LogP contribution in [0.25, 0.3) is 0 Å². The molecule has 0 aliphatic carbocycles. The summed E-state index contributed by atoms with van der Waals surface area (Å²) in [6.45, 7) is 13.0.